The maximum absolute atomic E-state index is 5.87. The molecule has 1 fully saturated rings. The van der Waals surface area contributed by atoms with E-state index in [1.54, 1.807) is 10.9 Å². The molecule has 1 aliphatic rings. The van der Waals surface area contributed by atoms with Crippen molar-refractivity contribution in [1.82, 2.24) is 9.78 Å². The van der Waals surface area contributed by atoms with E-state index in [2.05, 4.69) is 5.10 Å². The average Bonchev–Trinajstić information content (AvgIpc) is 2.27. The summed E-state index contributed by atoms with van der Waals surface area (Å²) < 4.78 is 6.75. The van der Waals surface area contributed by atoms with Gasteiger partial charge in [-0.15, -0.1) is 0 Å². The molecule has 1 aliphatic heterocycles. The Bertz CT molecular complexity index is 282. The van der Waals surface area contributed by atoms with E-state index >= 15 is 0 Å². The summed E-state index contributed by atoms with van der Waals surface area (Å²) in [5.74, 6) is 0.543. The van der Waals surface area contributed by atoms with Gasteiger partial charge in [0.25, 0.3) is 0 Å². The lowest BCUT2D eigenvalue weighted by atomic mass is 10.1. The van der Waals surface area contributed by atoms with E-state index in [1.807, 2.05) is 0 Å². The number of hydrogen-bond acceptors (Lipinski definition) is 3. The van der Waals surface area contributed by atoms with Gasteiger partial charge >= 0.3 is 0 Å². The van der Waals surface area contributed by atoms with E-state index in [1.165, 1.54) is 0 Å². The Kier molecular flexibility index (Phi) is 1.94. The van der Waals surface area contributed by atoms with Crippen molar-refractivity contribution in [3.05, 3.63) is 11.3 Å². The SMILES string of the molecule is Nc1cnn(CC2COC2)c1Cl. The first-order valence-corrected chi connectivity index (χ1v) is 4.19. The van der Waals surface area contributed by atoms with Crippen LogP contribution in [-0.2, 0) is 11.3 Å². The molecule has 0 spiro atoms. The average molecular weight is 188 g/mol. The molecule has 2 heterocycles. The van der Waals surface area contributed by atoms with E-state index in [0.717, 1.165) is 19.8 Å². The van der Waals surface area contributed by atoms with Gasteiger partial charge in [0.1, 0.15) is 5.15 Å². The fourth-order valence-corrected chi connectivity index (χ4v) is 1.31. The molecular weight excluding hydrogens is 178 g/mol. The molecule has 0 atom stereocenters. The predicted molar refractivity (Wildman–Crippen MR) is 46.0 cm³/mol. The second-order valence-electron chi connectivity index (χ2n) is 2.98. The summed E-state index contributed by atoms with van der Waals surface area (Å²) in [4.78, 5) is 0. The van der Waals surface area contributed by atoms with Crippen LogP contribution in [0.4, 0.5) is 5.69 Å². The number of anilines is 1. The zero-order chi connectivity index (χ0) is 8.55. The maximum Gasteiger partial charge on any atom is 0.150 e. The van der Waals surface area contributed by atoms with Crippen LogP contribution in [0.1, 0.15) is 0 Å². The Balaban J connectivity index is 2.06. The van der Waals surface area contributed by atoms with Crippen LogP contribution in [-0.4, -0.2) is 23.0 Å². The topological polar surface area (TPSA) is 53.1 Å². The molecule has 2 N–H and O–H groups in total. The van der Waals surface area contributed by atoms with Crippen molar-refractivity contribution in [2.24, 2.45) is 5.92 Å². The van der Waals surface area contributed by atoms with E-state index in [0.29, 0.717) is 16.8 Å². The number of nitrogens with zero attached hydrogens (tertiary/aromatic N) is 2. The van der Waals surface area contributed by atoms with Crippen LogP contribution in [0.15, 0.2) is 6.20 Å². The molecule has 1 saturated heterocycles. The molecule has 0 aromatic carbocycles. The van der Waals surface area contributed by atoms with Crippen molar-refractivity contribution < 1.29 is 4.74 Å². The smallest absolute Gasteiger partial charge is 0.150 e. The number of hydrogen-bond donors (Lipinski definition) is 1. The van der Waals surface area contributed by atoms with E-state index in [4.69, 9.17) is 22.1 Å². The minimum atomic E-state index is 0.530. The van der Waals surface area contributed by atoms with Crippen molar-refractivity contribution in [3.63, 3.8) is 0 Å². The highest BCUT2D eigenvalue weighted by Gasteiger charge is 2.20. The van der Waals surface area contributed by atoms with Crippen LogP contribution in [0, 0.1) is 5.92 Å². The van der Waals surface area contributed by atoms with Crippen LogP contribution in [0.5, 0.6) is 0 Å². The van der Waals surface area contributed by atoms with Gasteiger partial charge in [0.2, 0.25) is 0 Å². The lowest BCUT2D eigenvalue weighted by Gasteiger charge is -2.25. The highest BCUT2D eigenvalue weighted by molar-refractivity contribution is 6.31. The van der Waals surface area contributed by atoms with Gasteiger partial charge in [-0.25, -0.2) is 0 Å². The first kappa shape index (κ1) is 7.89. The lowest BCUT2D eigenvalue weighted by molar-refractivity contribution is -0.0408. The van der Waals surface area contributed by atoms with Gasteiger partial charge in [-0.1, -0.05) is 11.6 Å². The summed E-state index contributed by atoms with van der Waals surface area (Å²) in [5, 5.41) is 4.57. The fourth-order valence-electron chi connectivity index (χ4n) is 1.15. The largest absolute Gasteiger partial charge is 0.395 e. The van der Waals surface area contributed by atoms with E-state index in [-0.39, 0.29) is 0 Å². The van der Waals surface area contributed by atoms with Gasteiger partial charge in [-0.2, -0.15) is 5.10 Å². The van der Waals surface area contributed by atoms with Crippen molar-refractivity contribution in [2.45, 2.75) is 6.54 Å². The summed E-state index contributed by atoms with van der Waals surface area (Å²) in [6.45, 7) is 2.40. The van der Waals surface area contributed by atoms with Gasteiger partial charge in [0.05, 0.1) is 25.1 Å². The van der Waals surface area contributed by atoms with Crippen molar-refractivity contribution in [3.8, 4) is 0 Å². The summed E-state index contributed by atoms with van der Waals surface area (Å²) in [6, 6.07) is 0. The highest BCUT2D eigenvalue weighted by Crippen LogP contribution is 2.20. The zero-order valence-corrected chi connectivity index (χ0v) is 7.29. The van der Waals surface area contributed by atoms with E-state index in [9.17, 15) is 0 Å². The molecular formula is C7H10ClN3O. The molecule has 12 heavy (non-hydrogen) atoms. The molecule has 0 bridgehead atoms. The summed E-state index contributed by atoms with van der Waals surface area (Å²) in [6.07, 6.45) is 1.57. The third-order valence-electron chi connectivity index (χ3n) is 1.94. The Labute approximate surface area is 75.2 Å². The van der Waals surface area contributed by atoms with Gasteiger partial charge in [0.15, 0.2) is 0 Å². The first-order chi connectivity index (χ1) is 5.77. The minimum Gasteiger partial charge on any atom is -0.395 e. The Morgan fingerprint density at radius 1 is 1.75 bits per heavy atom. The molecule has 2 rings (SSSR count). The van der Waals surface area contributed by atoms with Crippen molar-refractivity contribution in [1.29, 1.82) is 0 Å². The monoisotopic (exact) mass is 187 g/mol. The predicted octanol–water partition coefficient (Wildman–Crippen LogP) is 0.765. The molecule has 1 aromatic rings. The van der Waals surface area contributed by atoms with Crippen molar-refractivity contribution >= 4 is 17.3 Å². The Hall–Kier alpha value is -0.740. The number of halogens is 1. The van der Waals surface area contributed by atoms with Crippen LogP contribution >= 0.6 is 11.6 Å². The van der Waals surface area contributed by atoms with Crippen LogP contribution in [0.25, 0.3) is 0 Å². The number of nitrogen functional groups attached to an aromatic ring is 1. The molecule has 66 valence electrons. The van der Waals surface area contributed by atoms with Crippen LogP contribution < -0.4 is 5.73 Å². The quantitative estimate of drug-likeness (QED) is 0.744. The summed E-state index contributed by atoms with van der Waals surface area (Å²) >= 11 is 5.87. The Morgan fingerprint density at radius 3 is 2.92 bits per heavy atom. The first-order valence-electron chi connectivity index (χ1n) is 3.82. The minimum absolute atomic E-state index is 0.530. The van der Waals surface area contributed by atoms with Crippen LogP contribution in [0.2, 0.25) is 5.15 Å². The molecule has 0 amide bonds. The zero-order valence-electron chi connectivity index (χ0n) is 6.53. The Morgan fingerprint density at radius 2 is 2.50 bits per heavy atom. The highest BCUT2D eigenvalue weighted by atomic mass is 35.5. The maximum atomic E-state index is 5.87. The van der Waals surface area contributed by atoms with Crippen LogP contribution in [0.3, 0.4) is 0 Å². The van der Waals surface area contributed by atoms with Gasteiger partial charge in [-0.05, 0) is 0 Å². The molecule has 0 radical (unpaired) electrons. The third kappa shape index (κ3) is 1.28. The number of rotatable bonds is 2. The molecule has 0 saturated carbocycles. The van der Waals surface area contributed by atoms with Gasteiger partial charge < -0.3 is 10.5 Å². The third-order valence-corrected chi connectivity index (χ3v) is 2.35. The van der Waals surface area contributed by atoms with Crippen molar-refractivity contribution in [2.75, 3.05) is 18.9 Å². The molecule has 5 heteroatoms. The standard InChI is InChI=1S/C7H10ClN3O/c8-7-6(9)1-10-11(7)2-5-3-12-4-5/h1,5H,2-4,9H2. The lowest BCUT2D eigenvalue weighted by Crippen LogP contribution is -2.31. The molecule has 0 unspecified atom stereocenters. The summed E-state index contributed by atoms with van der Waals surface area (Å²) in [5.41, 5.74) is 6.07. The molecule has 1 aromatic heterocycles. The molecule has 0 aliphatic carbocycles. The molecule has 4 nitrogen and oxygen atoms in total. The second-order valence-corrected chi connectivity index (χ2v) is 3.33. The fraction of sp³-hybridized carbons (Fsp3) is 0.571. The normalized spacial score (nSPS) is 17.8. The number of nitrogens with two attached hydrogens (primary N) is 1. The van der Waals surface area contributed by atoms with E-state index < -0.39 is 0 Å². The number of aromatic nitrogens is 2. The van der Waals surface area contributed by atoms with Gasteiger partial charge in [0, 0.05) is 12.5 Å². The summed E-state index contributed by atoms with van der Waals surface area (Å²) in [7, 11) is 0. The number of ether oxygens (including phenoxy) is 1. The second kappa shape index (κ2) is 2.95. The van der Waals surface area contributed by atoms with Gasteiger partial charge in [-0.3, -0.25) is 4.68 Å².